The van der Waals surface area contributed by atoms with Crippen LogP contribution in [0.3, 0.4) is 0 Å². The van der Waals surface area contributed by atoms with Crippen molar-refractivity contribution in [2.24, 2.45) is 0 Å². The number of fused-ring (bicyclic) bond motifs is 1. The Labute approximate surface area is 284 Å². The SMILES string of the molecule is CCS(=O)(=O)NC1CCN(C(=O)OC(C)(C)C)C1Cc1cccc(-c2ccccc2OCCCCCN2C(=O)c3ccccc3C2O)c1. The van der Waals surface area contributed by atoms with Crippen LogP contribution in [0.25, 0.3) is 11.1 Å². The highest BCUT2D eigenvalue weighted by molar-refractivity contribution is 7.89. The van der Waals surface area contributed by atoms with Gasteiger partial charge in [0.2, 0.25) is 10.0 Å². The minimum atomic E-state index is -3.48. The summed E-state index contributed by atoms with van der Waals surface area (Å²) in [6, 6.07) is 22.2. The first kappa shape index (κ1) is 35.4. The number of sulfonamides is 1. The number of ether oxygens (including phenoxy) is 2. The van der Waals surface area contributed by atoms with Gasteiger partial charge in [-0.2, -0.15) is 0 Å². The number of aliphatic hydroxyl groups is 1. The van der Waals surface area contributed by atoms with Gasteiger partial charge in [0.15, 0.2) is 6.23 Å². The van der Waals surface area contributed by atoms with Crippen molar-refractivity contribution in [3.8, 4) is 16.9 Å². The molecule has 2 aliphatic heterocycles. The zero-order chi connectivity index (χ0) is 34.5. The first-order valence-electron chi connectivity index (χ1n) is 16.8. The van der Waals surface area contributed by atoms with Gasteiger partial charge in [0, 0.05) is 35.8 Å². The highest BCUT2D eigenvalue weighted by Gasteiger charge is 2.40. The molecule has 2 amide bonds. The second kappa shape index (κ2) is 15.1. The Hall–Kier alpha value is -3.93. The van der Waals surface area contributed by atoms with Gasteiger partial charge in [0.1, 0.15) is 11.4 Å². The molecule has 1 saturated heterocycles. The number of hydrogen-bond donors (Lipinski definition) is 2. The van der Waals surface area contributed by atoms with Gasteiger partial charge in [-0.1, -0.05) is 60.7 Å². The lowest BCUT2D eigenvalue weighted by atomic mass is 9.96. The Morgan fingerprint density at radius 2 is 1.71 bits per heavy atom. The topological polar surface area (TPSA) is 125 Å². The van der Waals surface area contributed by atoms with E-state index in [-0.39, 0.29) is 11.7 Å². The van der Waals surface area contributed by atoms with Crippen LogP contribution in [-0.4, -0.2) is 78.5 Å². The van der Waals surface area contributed by atoms with Gasteiger partial charge in [0.25, 0.3) is 5.91 Å². The number of aliphatic hydroxyl groups excluding tert-OH is 1. The lowest BCUT2D eigenvalue weighted by molar-refractivity contribution is 0.0167. The standard InChI is InChI=1S/C37H47N3O7S/c1-5-48(44,45)38-31-20-22-39(36(43)47-37(2,3)4)32(31)25-26-14-13-15-27(24-26)28-16-9-10-19-33(28)46-23-12-6-11-21-40-34(41)29-17-7-8-18-30(29)35(40)42/h7-10,13-19,24,31-32,34,38,41H,5-6,11-12,20-23,25H2,1-4H3. The number of benzene rings is 3. The molecule has 258 valence electrons. The lowest BCUT2D eigenvalue weighted by Gasteiger charge is -2.31. The molecule has 11 heteroatoms. The van der Waals surface area contributed by atoms with E-state index in [0.29, 0.717) is 43.7 Å². The highest BCUT2D eigenvalue weighted by Crippen LogP contribution is 2.33. The van der Waals surface area contributed by atoms with Crippen molar-refractivity contribution in [1.29, 1.82) is 0 Å². The average Bonchev–Trinajstić information content (AvgIpc) is 3.55. The Kier molecular flexibility index (Phi) is 11.1. The number of amides is 2. The number of nitrogens with one attached hydrogen (secondary N) is 1. The molecule has 2 heterocycles. The molecule has 0 radical (unpaired) electrons. The molecule has 0 saturated carbocycles. The van der Waals surface area contributed by atoms with Crippen LogP contribution in [0.2, 0.25) is 0 Å². The minimum absolute atomic E-state index is 0.0367. The zero-order valence-corrected chi connectivity index (χ0v) is 29.0. The van der Waals surface area contributed by atoms with Gasteiger partial charge < -0.3 is 24.4 Å². The molecule has 3 aromatic rings. The molecule has 2 aliphatic rings. The summed E-state index contributed by atoms with van der Waals surface area (Å²) in [6.45, 7) is 8.43. The van der Waals surface area contributed by atoms with E-state index in [2.05, 4.69) is 10.8 Å². The Morgan fingerprint density at radius 3 is 2.44 bits per heavy atom. The normalized spacial score (nSPS) is 19.4. The maximum absolute atomic E-state index is 13.2. The van der Waals surface area contributed by atoms with Gasteiger partial charge in [0.05, 0.1) is 18.4 Å². The van der Waals surface area contributed by atoms with E-state index in [4.69, 9.17) is 9.47 Å². The fourth-order valence-electron chi connectivity index (χ4n) is 6.36. The molecule has 10 nitrogen and oxygen atoms in total. The minimum Gasteiger partial charge on any atom is -0.493 e. The number of nitrogens with zero attached hydrogens (tertiary/aromatic N) is 2. The monoisotopic (exact) mass is 677 g/mol. The summed E-state index contributed by atoms with van der Waals surface area (Å²) >= 11 is 0. The fraction of sp³-hybridized carbons (Fsp3) is 0.459. The molecule has 5 rings (SSSR count). The highest BCUT2D eigenvalue weighted by atomic mass is 32.2. The predicted octanol–water partition coefficient (Wildman–Crippen LogP) is 5.91. The average molecular weight is 678 g/mol. The molecule has 0 aliphatic carbocycles. The first-order valence-corrected chi connectivity index (χ1v) is 18.4. The quantitative estimate of drug-likeness (QED) is 0.216. The largest absolute Gasteiger partial charge is 0.493 e. The summed E-state index contributed by atoms with van der Waals surface area (Å²) < 4.78 is 39.8. The van der Waals surface area contributed by atoms with Gasteiger partial charge in [-0.3, -0.25) is 4.79 Å². The molecular formula is C37H47N3O7S. The van der Waals surface area contributed by atoms with E-state index >= 15 is 0 Å². The third-order valence-electron chi connectivity index (χ3n) is 8.78. The molecular weight excluding hydrogens is 630 g/mol. The van der Waals surface area contributed by atoms with E-state index in [1.807, 2.05) is 75.4 Å². The summed E-state index contributed by atoms with van der Waals surface area (Å²) in [5.74, 6) is 0.583. The van der Waals surface area contributed by atoms with Crippen LogP contribution in [0.15, 0.2) is 72.8 Å². The second-order valence-electron chi connectivity index (χ2n) is 13.4. The van der Waals surface area contributed by atoms with Crippen molar-refractivity contribution in [3.63, 3.8) is 0 Å². The number of likely N-dealkylation sites (tertiary alicyclic amines) is 1. The zero-order valence-electron chi connectivity index (χ0n) is 28.2. The van der Waals surface area contributed by atoms with Crippen LogP contribution in [0, 0.1) is 0 Å². The van der Waals surface area contributed by atoms with Gasteiger partial charge in [-0.25, -0.2) is 17.9 Å². The molecule has 0 aromatic heterocycles. The van der Waals surface area contributed by atoms with Crippen LogP contribution < -0.4 is 9.46 Å². The summed E-state index contributed by atoms with van der Waals surface area (Å²) in [5.41, 5.74) is 3.41. The van der Waals surface area contributed by atoms with Crippen molar-refractivity contribution in [2.45, 2.75) is 83.7 Å². The van der Waals surface area contributed by atoms with Crippen LogP contribution in [0.1, 0.15) is 81.1 Å². The Bertz CT molecular complexity index is 1700. The van der Waals surface area contributed by atoms with Gasteiger partial charge in [-0.15, -0.1) is 0 Å². The number of hydrogen-bond acceptors (Lipinski definition) is 7. The molecule has 48 heavy (non-hydrogen) atoms. The first-order chi connectivity index (χ1) is 22.9. The van der Waals surface area contributed by atoms with Crippen molar-refractivity contribution in [1.82, 2.24) is 14.5 Å². The van der Waals surface area contributed by atoms with Crippen molar-refractivity contribution < 1.29 is 32.6 Å². The van der Waals surface area contributed by atoms with E-state index in [1.165, 1.54) is 4.90 Å². The Balaban J connectivity index is 1.21. The number of unbranched alkanes of at least 4 members (excludes halogenated alkanes) is 2. The van der Waals surface area contributed by atoms with Crippen molar-refractivity contribution in [2.75, 3.05) is 25.4 Å². The maximum Gasteiger partial charge on any atom is 0.410 e. The van der Waals surface area contributed by atoms with Gasteiger partial charge in [-0.05, 0) is 83.1 Å². The molecule has 3 atom stereocenters. The number of carbonyl (C=O) groups is 2. The summed E-state index contributed by atoms with van der Waals surface area (Å²) in [6.07, 6.45) is 1.98. The molecule has 3 aromatic carbocycles. The number of para-hydroxylation sites is 1. The second-order valence-corrected chi connectivity index (χ2v) is 15.5. The third-order valence-corrected chi connectivity index (χ3v) is 10.2. The lowest BCUT2D eigenvalue weighted by Crippen LogP contribution is -2.49. The molecule has 0 bridgehead atoms. The van der Waals surface area contributed by atoms with Crippen LogP contribution in [0.4, 0.5) is 4.79 Å². The van der Waals surface area contributed by atoms with E-state index in [1.54, 1.807) is 24.0 Å². The summed E-state index contributed by atoms with van der Waals surface area (Å²) in [4.78, 5) is 29.0. The summed E-state index contributed by atoms with van der Waals surface area (Å²) in [5, 5.41) is 10.6. The number of rotatable bonds is 13. The Morgan fingerprint density at radius 1 is 0.979 bits per heavy atom. The van der Waals surface area contributed by atoms with Crippen molar-refractivity contribution in [3.05, 3.63) is 89.5 Å². The summed E-state index contributed by atoms with van der Waals surface area (Å²) in [7, 11) is -3.48. The third kappa shape index (κ3) is 8.56. The van der Waals surface area contributed by atoms with Crippen LogP contribution in [-0.2, 0) is 21.2 Å². The molecule has 2 N–H and O–H groups in total. The van der Waals surface area contributed by atoms with Crippen molar-refractivity contribution >= 4 is 22.0 Å². The fourth-order valence-corrected chi connectivity index (χ4v) is 7.26. The molecule has 3 unspecified atom stereocenters. The van der Waals surface area contributed by atoms with E-state index < -0.39 is 40.0 Å². The van der Waals surface area contributed by atoms with E-state index in [9.17, 15) is 23.1 Å². The smallest absolute Gasteiger partial charge is 0.410 e. The van der Waals surface area contributed by atoms with Crippen LogP contribution in [0.5, 0.6) is 5.75 Å². The molecule has 0 spiro atoms. The maximum atomic E-state index is 13.2. The predicted molar refractivity (Wildman–Crippen MR) is 185 cm³/mol. The van der Waals surface area contributed by atoms with Crippen LogP contribution >= 0.6 is 0 Å². The molecule has 1 fully saturated rings. The number of carbonyl (C=O) groups excluding carboxylic acids is 2. The van der Waals surface area contributed by atoms with E-state index in [0.717, 1.165) is 41.7 Å². The van der Waals surface area contributed by atoms with Gasteiger partial charge >= 0.3 is 6.09 Å².